The van der Waals surface area contributed by atoms with Crippen molar-refractivity contribution in [1.29, 1.82) is 0 Å². The van der Waals surface area contributed by atoms with Gasteiger partial charge in [-0.25, -0.2) is 9.67 Å². The number of thiazole rings is 1. The minimum atomic E-state index is -0.200. The average Bonchev–Trinajstić information content (AvgIpc) is 3.11. The Labute approximate surface area is 168 Å². The van der Waals surface area contributed by atoms with E-state index in [4.69, 9.17) is 5.73 Å². The van der Waals surface area contributed by atoms with E-state index < -0.39 is 0 Å². The van der Waals surface area contributed by atoms with E-state index in [-0.39, 0.29) is 42.3 Å². The Bertz CT molecular complexity index is 880. The first-order chi connectivity index (χ1) is 11.3. The zero-order chi connectivity index (χ0) is 17.6. The maximum absolute atomic E-state index is 12.7. The van der Waals surface area contributed by atoms with Gasteiger partial charge in [0.1, 0.15) is 9.88 Å². The lowest BCUT2D eigenvalue weighted by molar-refractivity contribution is 0.0794. The molecule has 1 aliphatic rings. The summed E-state index contributed by atoms with van der Waals surface area (Å²) in [6, 6.07) is 0.0408. The van der Waals surface area contributed by atoms with E-state index in [2.05, 4.69) is 10.1 Å². The summed E-state index contributed by atoms with van der Waals surface area (Å²) in [6.07, 6.45) is 0.819. The van der Waals surface area contributed by atoms with Gasteiger partial charge in [-0.1, -0.05) is 0 Å². The Kier molecular flexibility index (Phi) is 7.35. The molecule has 0 radical (unpaired) electrons. The van der Waals surface area contributed by atoms with Crippen LogP contribution in [0.3, 0.4) is 0 Å². The van der Waals surface area contributed by atoms with Crippen LogP contribution in [0.2, 0.25) is 0 Å². The van der Waals surface area contributed by atoms with Crippen molar-refractivity contribution < 1.29 is 4.79 Å². The van der Waals surface area contributed by atoms with E-state index in [0.717, 1.165) is 17.7 Å². The number of nitrogens with two attached hydrogens (primary N) is 1. The zero-order valence-corrected chi connectivity index (χ0v) is 17.6. The maximum atomic E-state index is 12.7. The van der Waals surface area contributed by atoms with Crippen LogP contribution in [0, 0.1) is 20.8 Å². The van der Waals surface area contributed by atoms with E-state index in [9.17, 15) is 9.59 Å². The number of hydrogen-bond donors (Lipinski definition) is 1. The number of hydrogen-bond acceptors (Lipinski definition) is 6. The molecule has 2 aromatic rings. The summed E-state index contributed by atoms with van der Waals surface area (Å²) in [4.78, 5) is 32.0. The number of aromatic nitrogens is 3. The minimum Gasteiger partial charge on any atom is -0.336 e. The molecular weight excluding hydrogens is 397 g/mol. The fourth-order valence-electron chi connectivity index (χ4n) is 2.92. The van der Waals surface area contributed by atoms with E-state index in [1.165, 1.54) is 16.0 Å². The Morgan fingerprint density at radius 2 is 1.88 bits per heavy atom. The van der Waals surface area contributed by atoms with Crippen LogP contribution < -0.4 is 11.3 Å². The van der Waals surface area contributed by atoms with Crippen LogP contribution in [0.1, 0.15) is 33.0 Å². The van der Waals surface area contributed by atoms with Crippen molar-refractivity contribution in [2.24, 2.45) is 12.8 Å². The second-order valence-electron chi connectivity index (χ2n) is 6.25. The Morgan fingerprint density at radius 1 is 1.23 bits per heavy atom. The summed E-state index contributed by atoms with van der Waals surface area (Å²) in [5.74, 6) is -0.0514. The summed E-state index contributed by atoms with van der Waals surface area (Å²) in [7, 11) is 1.62. The summed E-state index contributed by atoms with van der Waals surface area (Å²) in [6.45, 7) is 6.76. The molecule has 7 nitrogen and oxygen atoms in total. The molecule has 3 heterocycles. The van der Waals surface area contributed by atoms with E-state index in [1.807, 2.05) is 13.8 Å². The average molecular weight is 420 g/mol. The van der Waals surface area contributed by atoms with Crippen LogP contribution >= 0.6 is 36.2 Å². The highest BCUT2D eigenvalue weighted by atomic mass is 35.5. The number of halogens is 2. The van der Waals surface area contributed by atoms with Gasteiger partial charge in [0.15, 0.2) is 0 Å². The highest BCUT2D eigenvalue weighted by Crippen LogP contribution is 2.30. The molecule has 0 aliphatic carbocycles. The molecule has 0 bridgehead atoms. The third kappa shape index (κ3) is 3.93. The van der Waals surface area contributed by atoms with E-state index in [0.29, 0.717) is 34.2 Å². The smallest absolute Gasteiger partial charge is 0.277 e. The molecule has 2 N–H and O–H groups in total. The van der Waals surface area contributed by atoms with E-state index in [1.54, 1.807) is 18.9 Å². The van der Waals surface area contributed by atoms with Crippen molar-refractivity contribution in [3.05, 3.63) is 32.2 Å². The van der Waals surface area contributed by atoms with Gasteiger partial charge in [0, 0.05) is 26.2 Å². The van der Waals surface area contributed by atoms with Crippen molar-refractivity contribution in [1.82, 2.24) is 19.7 Å². The van der Waals surface area contributed by atoms with Gasteiger partial charge in [-0.2, -0.15) is 5.10 Å². The van der Waals surface area contributed by atoms with Crippen LogP contribution in [0.5, 0.6) is 0 Å². The fraction of sp³-hybridized carbons (Fsp3) is 0.500. The second-order valence-corrected chi connectivity index (χ2v) is 7.25. The monoisotopic (exact) mass is 419 g/mol. The number of aryl methyl sites for hydroxylation is 3. The molecule has 1 amide bonds. The van der Waals surface area contributed by atoms with Crippen molar-refractivity contribution in [2.75, 3.05) is 13.1 Å². The van der Waals surface area contributed by atoms with Crippen LogP contribution in [0.25, 0.3) is 10.6 Å². The molecule has 1 saturated heterocycles. The molecule has 0 unspecified atom stereocenters. The first-order valence-electron chi connectivity index (χ1n) is 7.86. The molecule has 1 atom stereocenters. The Morgan fingerprint density at radius 3 is 2.46 bits per heavy atom. The largest absolute Gasteiger partial charge is 0.336 e. The van der Waals surface area contributed by atoms with Crippen LogP contribution in [0.15, 0.2) is 4.79 Å². The van der Waals surface area contributed by atoms with Crippen LogP contribution in [0.4, 0.5) is 0 Å². The highest BCUT2D eigenvalue weighted by molar-refractivity contribution is 7.17. The lowest BCUT2D eigenvalue weighted by Crippen LogP contribution is -2.31. The predicted molar refractivity (Wildman–Crippen MR) is 108 cm³/mol. The fourth-order valence-corrected chi connectivity index (χ4v) is 4.05. The summed E-state index contributed by atoms with van der Waals surface area (Å²) in [5, 5.41) is 4.76. The number of carbonyl (C=O) groups is 1. The Balaban J connectivity index is 0.00000169. The molecule has 1 fully saturated rings. The van der Waals surface area contributed by atoms with Crippen LogP contribution in [-0.2, 0) is 7.05 Å². The molecule has 0 aromatic carbocycles. The Hall–Kier alpha value is -1.48. The number of likely N-dealkylation sites (tertiary alicyclic amines) is 1. The van der Waals surface area contributed by atoms with E-state index >= 15 is 0 Å². The summed E-state index contributed by atoms with van der Waals surface area (Å²) in [5.41, 5.74) is 8.44. The summed E-state index contributed by atoms with van der Waals surface area (Å²) >= 11 is 1.27. The zero-order valence-electron chi connectivity index (χ0n) is 15.1. The molecule has 0 saturated carbocycles. The van der Waals surface area contributed by atoms with Gasteiger partial charge in [-0.3, -0.25) is 9.59 Å². The normalized spacial score (nSPS) is 16.2. The van der Waals surface area contributed by atoms with Gasteiger partial charge in [0.05, 0.1) is 17.0 Å². The molecule has 3 rings (SSSR count). The number of nitrogens with zero attached hydrogens (tertiary/aromatic N) is 4. The van der Waals surface area contributed by atoms with Gasteiger partial charge in [-0.15, -0.1) is 36.2 Å². The van der Waals surface area contributed by atoms with Gasteiger partial charge in [0.25, 0.3) is 11.5 Å². The standard InChI is InChI=1S/C16H21N5O2S.2ClH/c1-8-9(2)19-20(4)15(22)12(8)14-18-10(3)13(24-14)16(23)21-6-5-11(17)7-21;;/h11H,5-7,17H2,1-4H3;2*1H/t11-;;/m1../s1. The first-order valence-corrected chi connectivity index (χ1v) is 8.68. The van der Waals surface area contributed by atoms with Gasteiger partial charge < -0.3 is 10.6 Å². The molecule has 10 heteroatoms. The molecule has 2 aromatic heterocycles. The van der Waals surface area contributed by atoms with Crippen molar-refractivity contribution >= 4 is 42.1 Å². The van der Waals surface area contributed by atoms with Crippen molar-refractivity contribution in [3.8, 4) is 10.6 Å². The minimum absolute atomic E-state index is 0. The quantitative estimate of drug-likeness (QED) is 0.800. The maximum Gasteiger partial charge on any atom is 0.277 e. The number of amides is 1. The molecule has 26 heavy (non-hydrogen) atoms. The van der Waals surface area contributed by atoms with Crippen molar-refractivity contribution in [2.45, 2.75) is 33.2 Å². The van der Waals surface area contributed by atoms with Gasteiger partial charge in [-0.05, 0) is 32.8 Å². The molecule has 144 valence electrons. The van der Waals surface area contributed by atoms with Gasteiger partial charge in [0.2, 0.25) is 0 Å². The van der Waals surface area contributed by atoms with Crippen LogP contribution in [-0.4, -0.2) is 44.7 Å². The lowest BCUT2D eigenvalue weighted by Gasteiger charge is -2.14. The highest BCUT2D eigenvalue weighted by Gasteiger charge is 2.28. The topological polar surface area (TPSA) is 94.1 Å². The lowest BCUT2D eigenvalue weighted by atomic mass is 10.1. The SMILES string of the molecule is Cc1nc(-c2c(C)c(C)nn(C)c2=O)sc1C(=O)N1CC[C@@H](N)C1.Cl.Cl. The molecule has 1 aliphatic heterocycles. The predicted octanol–water partition coefficient (Wildman–Crippen LogP) is 1.85. The number of rotatable bonds is 2. The van der Waals surface area contributed by atoms with Crippen molar-refractivity contribution in [3.63, 3.8) is 0 Å². The number of carbonyl (C=O) groups excluding carboxylic acids is 1. The molecule has 0 spiro atoms. The molecular formula is C16H23Cl2N5O2S. The van der Waals surface area contributed by atoms with Gasteiger partial charge >= 0.3 is 0 Å². The second kappa shape index (κ2) is 8.47. The third-order valence-corrected chi connectivity index (χ3v) is 5.61. The first kappa shape index (κ1) is 22.6. The third-order valence-electron chi connectivity index (χ3n) is 4.44. The summed E-state index contributed by atoms with van der Waals surface area (Å²) < 4.78 is 1.31.